The zero-order valence-electron chi connectivity index (χ0n) is 17.1. The van der Waals surface area contributed by atoms with E-state index in [1.165, 1.54) is 31.4 Å². The van der Waals surface area contributed by atoms with Gasteiger partial charge in [-0.1, -0.05) is 0 Å². The minimum Gasteiger partial charge on any atom is -0.465 e. The Morgan fingerprint density at radius 2 is 1.43 bits per heavy atom. The van der Waals surface area contributed by atoms with Gasteiger partial charge in [0.15, 0.2) is 0 Å². The minimum absolute atomic E-state index is 0.0312. The van der Waals surface area contributed by atoms with Crippen molar-refractivity contribution in [3.63, 3.8) is 0 Å². The predicted octanol–water partition coefficient (Wildman–Crippen LogP) is 3.11. The molecule has 10 nitrogen and oxygen atoms in total. The van der Waals surface area contributed by atoms with E-state index >= 15 is 0 Å². The Kier molecular flexibility index (Phi) is 5.17. The van der Waals surface area contributed by atoms with Crippen LogP contribution in [0, 0.1) is 20.2 Å². The second-order valence-electron chi connectivity index (χ2n) is 7.14. The average Bonchev–Trinajstić information content (AvgIpc) is 2.99. The van der Waals surface area contributed by atoms with Crippen LogP contribution in [0.25, 0.3) is 16.7 Å². The van der Waals surface area contributed by atoms with Gasteiger partial charge >= 0.3 is 5.97 Å². The molecule has 0 unspecified atom stereocenters. The van der Waals surface area contributed by atoms with E-state index < -0.39 is 15.8 Å². The topological polar surface area (TPSA) is 119 Å². The first-order valence-corrected chi connectivity index (χ1v) is 8.87. The normalized spacial score (nSPS) is 11.4. The zero-order chi connectivity index (χ0) is 22.3. The van der Waals surface area contributed by atoms with Crippen LogP contribution in [0.2, 0.25) is 0 Å². The molecule has 2 aromatic carbocycles. The molecule has 2 aromatic rings. The molecule has 156 valence electrons. The van der Waals surface area contributed by atoms with E-state index in [0.29, 0.717) is 33.6 Å². The fourth-order valence-corrected chi connectivity index (χ4v) is 3.79. The van der Waals surface area contributed by atoms with Crippen molar-refractivity contribution < 1.29 is 19.4 Å². The molecule has 3 rings (SSSR count). The van der Waals surface area contributed by atoms with E-state index in [0.717, 1.165) is 0 Å². The van der Waals surface area contributed by atoms with E-state index in [2.05, 4.69) is 0 Å². The Labute approximate surface area is 172 Å². The zero-order valence-corrected chi connectivity index (χ0v) is 17.1. The van der Waals surface area contributed by atoms with E-state index in [4.69, 9.17) is 4.74 Å². The van der Waals surface area contributed by atoms with Gasteiger partial charge in [-0.05, 0) is 11.6 Å². The van der Waals surface area contributed by atoms with Crippen molar-refractivity contribution in [2.75, 3.05) is 35.3 Å². The van der Waals surface area contributed by atoms with E-state index in [9.17, 15) is 25.0 Å². The van der Waals surface area contributed by atoms with Gasteiger partial charge in [0.2, 0.25) is 0 Å². The Balaban J connectivity index is 2.54. The summed E-state index contributed by atoms with van der Waals surface area (Å²) in [4.78, 5) is 38.0. The monoisotopic (exact) mass is 412 g/mol. The molecule has 0 radical (unpaired) electrons. The molecule has 30 heavy (non-hydrogen) atoms. The summed E-state index contributed by atoms with van der Waals surface area (Å²) in [7, 11) is 8.40. The third kappa shape index (κ3) is 3.21. The molecule has 0 fully saturated rings. The van der Waals surface area contributed by atoms with Gasteiger partial charge in [0.05, 0.1) is 22.5 Å². The third-order valence-corrected chi connectivity index (χ3v) is 4.83. The van der Waals surface area contributed by atoms with Gasteiger partial charge in [-0.2, -0.15) is 0 Å². The standard InChI is InChI=1S/C20H20N4O6/c1-21(2)19(22(3)4)18-14-8-11(23(26)27)6-7-13(14)17-15(18)9-12(24(28)29)10-16(17)20(25)30-5/h6-10H,1-5H3. The van der Waals surface area contributed by atoms with Crippen LogP contribution in [-0.4, -0.2) is 60.9 Å². The summed E-state index contributed by atoms with van der Waals surface area (Å²) in [5, 5.41) is 22.9. The summed E-state index contributed by atoms with van der Waals surface area (Å²) >= 11 is 0. The number of carbonyl (C=O) groups excluding carboxylic acids is 1. The van der Waals surface area contributed by atoms with Crippen molar-refractivity contribution in [3.05, 3.63) is 73.1 Å². The number of esters is 1. The van der Waals surface area contributed by atoms with Crippen LogP contribution in [0.5, 0.6) is 0 Å². The van der Waals surface area contributed by atoms with Crippen LogP contribution in [-0.2, 0) is 4.74 Å². The van der Waals surface area contributed by atoms with E-state index in [1.807, 2.05) is 9.80 Å². The number of hydrogen-bond donors (Lipinski definition) is 0. The molecule has 0 atom stereocenters. The number of carbonyl (C=O) groups is 1. The lowest BCUT2D eigenvalue weighted by atomic mass is 9.98. The summed E-state index contributed by atoms with van der Waals surface area (Å²) in [5.41, 5.74) is 2.18. The first kappa shape index (κ1) is 20.8. The van der Waals surface area contributed by atoms with Crippen LogP contribution < -0.4 is 0 Å². The molecular weight excluding hydrogens is 392 g/mol. The quantitative estimate of drug-likeness (QED) is 0.356. The lowest BCUT2D eigenvalue weighted by molar-refractivity contribution is -0.385. The molecule has 0 heterocycles. The smallest absolute Gasteiger partial charge is 0.338 e. The molecule has 0 amide bonds. The Hall–Kier alpha value is -3.95. The number of non-ortho nitro benzene ring substituents is 2. The molecule has 0 aromatic heterocycles. The van der Waals surface area contributed by atoms with Crippen molar-refractivity contribution in [2.45, 2.75) is 0 Å². The number of nitro benzene ring substituents is 2. The lowest BCUT2D eigenvalue weighted by Crippen LogP contribution is -2.26. The fraction of sp³-hybridized carbons (Fsp3) is 0.250. The van der Waals surface area contributed by atoms with Gasteiger partial charge in [0.25, 0.3) is 11.4 Å². The predicted molar refractivity (Wildman–Crippen MR) is 110 cm³/mol. The number of rotatable bonds is 5. The van der Waals surface area contributed by atoms with Crippen LogP contribution in [0.1, 0.15) is 21.5 Å². The third-order valence-electron chi connectivity index (χ3n) is 4.83. The van der Waals surface area contributed by atoms with Gasteiger partial charge in [0, 0.05) is 74.7 Å². The Bertz CT molecular complexity index is 1110. The van der Waals surface area contributed by atoms with Gasteiger partial charge in [-0.15, -0.1) is 0 Å². The number of benzene rings is 2. The second kappa shape index (κ2) is 7.47. The highest BCUT2D eigenvalue weighted by atomic mass is 16.6. The fourth-order valence-electron chi connectivity index (χ4n) is 3.79. The van der Waals surface area contributed by atoms with Crippen molar-refractivity contribution in [1.29, 1.82) is 0 Å². The first-order valence-electron chi connectivity index (χ1n) is 8.87. The molecule has 10 heteroatoms. The molecule has 0 aliphatic heterocycles. The number of hydrogen-bond acceptors (Lipinski definition) is 8. The average molecular weight is 412 g/mol. The van der Waals surface area contributed by atoms with Gasteiger partial charge in [-0.3, -0.25) is 20.2 Å². The number of ether oxygens (including phenoxy) is 1. The summed E-state index contributed by atoms with van der Waals surface area (Å²) in [6.07, 6.45) is 0. The molecule has 0 saturated heterocycles. The Morgan fingerprint density at radius 3 is 1.93 bits per heavy atom. The van der Waals surface area contributed by atoms with Crippen LogP contribution in [0.3, 0.4) is 0 Å². The van der Waals surface area contributed by atoms with Gasteiger partial charge in [0.1, 0.15) is 5.82 Å². The van der Waals surface area contributed by atoms with E-state index in [-0.39, 0.29) is 16.9 Å². The highest BCUT2D eigenvalue weighted by molar-refractivity contribution is 6.10. The number of fused-ring (bicyclic) bond motifs is 3. The van der Waals surface area contributed by atoms with Crippen molar-refractivity contribution in [2.24, 2.45) is 0 Å². The Morgan fingerprint density at radius 1 is 0.867 bits per heavy atom. The lowest BCUT2D eigenvalue weighted by Gasteiger charge is -2.27. The first-order chi connectivity index (χ1) is 14.1. The molecule has 0 saturated carbocycles. The highest BCUT2D eigenvalue weighted by Crippen LogP contribution is 2.50. The van der Waals surface area contributed by atoms with Crippen molar-refractivity contribution in [3.8, 4) is 11.1 Å². The number of nitro groups is 2. The molecule has 0 bridgehead atoms. The molecule has 1 aliphatic carbocycles. The van der Waals surface area contributed by atoms with Crippen molar-refractivity contribution >= 4 is 22.9 Å². The van der Waals surface area contributed by atoms with Crippen LogP contribution >= 0.6 is 0 Å². The summed E-state index contributed by atoms with van der Waals surface area (Å²) < 4.78 is 4.86. The molecular formula is C20H20N4O6. The second-order valence-corrected chi connectivity index (χ2v) is 7.14. The summed E-state index contributed by atoms with van der Waals surface area (Å²) in [6, 6.07) is 6.88. The molecule has 0 spiro atoms. The maximum absolute atomic E-state index is 12.5. The van der Waals surface area contributed by atoms with Crippen LogP contribution in [0.15, 0.2) is 36.2 Å². The molecule has 0 N–H and O–H groups in total. The largest absolute Gasteiger partial charge is 0.465 e. The van der Waals surface area contributed by atoms with Gasteiger partial charge in [-0.25, -0.2) is 4.79 Å². The van der Waals surface area contributed by atoms with Crippen molar-refractivity contribution in [1.82, 2.24) is 9.80 Å². The highest BCUT2D eigenvalue weighted by Gasteiger charge is 2.35. The minimum atomic E-state index is -0.725. The van der Waals surface area contributed by atoms with Gasteiger partial charge < -0.3 is 14.5 Å². The number of methoxy groups -OCH3 is 1. The number of nitrogens with zero attached hydrogens (tertiary/aromatic N) is 4. The van der Waals surface area contributed by atoms with Crippen LogP contribution in [0.4, 0.5) is 11.4 Å². The summed E-state index contributed by atoms with van der Waals surface area (Å²) in [5.74, 6) is -0.0522. The van der Waals surface area contributed by atoms with E-state index in [1.54, 1.807) is 34.3 Å². The maximum Gasteiger partial charge on any atom is 0.338 e. The summed E-state index contributed by atoms with van der Waals surface area (Å²) in [6.45, 7) is 0. The maximum atomic E-state index is 12.5. The molecule has 1 aliphatic rings. The SMILES string of the molecule is COC(=O)c1cc([N+](=O)[O-])cc2c1-c1ccc([N+](=O)[O-])cc1C2=C(N(C)C)N(C)C.